The van der Waals surface area contributed by atoms with Crippen molar-refractivity contribution in [3.63, 3.8) is 0 Å². The van der Waals surface area contributed by atoms with Crippen molar-refractivity contribution in [2.24, 2.45) is 0 Å². The minimum Gasteiger partial charge on any atom is -0.490 e. The Labute approximate surface area is 145 Å². The molecule has 1 amide bonds. The number of ether oxygens (including phenoxy) is 2. The second kappa shape index (κ2) is 8.11. The summed E-state index contributed by atoms with van der Waals surface area (Å²) >= 11 is 0. The maximum Gasteiger partial charge on any atom is 0.222 e. The molecule has 134 valence electrons. The molecule has 0 saturated carbocycles. The average molecular weight is 347 g/mol. The van der Waals surface area contributed by atoms with Gasteiger partial charge in [0.05, 0.1) is 25.5 Å². The van der Waals surface area contributed by atoms with Gasteiger partial charge in [-0.25, -0.2) is 4.39 Å². The van der Waals surface area contributed by atoms with Gasteiger partial charge in [-0.1, -0.05) is 19.1 Å². The van der Waals surface area contributed by atoms with E-state index in [4.69, 9.17) is 9.47 Å². The van der Waals surface area contributed by atoms with Crippen molar-refractivity contribution >= 4 is 5.91 Å². The molecule has 1 fully saturated rings. The van der Waals surface area contributed by atoms with Gasteiger partial charge in [0.15, 0.2) is 11.6 Å². The van der Waals surface area contributed by atoms with Gasteiger partial charge in [-0.15, -0.1) is 0 Å². The number of carbonyl (C=O) groups is 1. The zero-order valence-electron chi connectivity index (χ0n) is 14.2. The van der Waals surface area contributed by atoms with Gasteiger partial charge in [0.2, 0.25) is 5.91 Å². The molecule has 0 bridgehead atoms. The molecule has 1 atom stereocenters. The van der Waals surface area contributed by atoms with E-state index in [1.807, 2.05) is 17.9 Å². The van der Waals surface area contributed by atoms with Crippen LogP contribution in [0.5, 0.6) is 5.75 Å². The molecule has 25 heavy (non-hydrogen) atoms. The molecular weight excluding hydrogens is 325 g/mol. The Balaban J connectivity index is 1.53. The number of H-pyrrole nitrogens is 1. The number of benzene rings is 1. The van der Waals surface area contributed by atoms with E-state index in [1.54, 1.807) is 18.2 Å². The van der Waals surface area contributed by atoms with Crippen molar-refractivity contribution < 1.29 is 18.7 Å². The molecule has 2 heterocycles. The molecule has 0 aliphatic carbocycles. The number of hydrogen-bond acceptors (Lipinski definition) is 4. The van der Waals surface area contributed by atoms with Gasteiger partial charge >= 0.3 is 0 Å². The highest BCUT2D eigenvalue weighted by Crippen LogP contribution is 2.22. The lowest BCUT2D eigenvalue weighted by atomic mass is 10.1. The van der Waals surface area contributed by atoms with Gasteiger partial charge in [-0.2, -0.15) is 5.10 Å². The number of amides is 1. The van der Waals surface area contributed by atoms with E-state index in [0.717, 1.165) is 11.4 Å². The van der Waals surface area contributed by atoms with Crippen LogP contribution in [-0.2, 0) is 16.0 Å². The average Bonchev–Trinajstić information content (AvgIpc) is 3.12. The normalized spacial score (nSPS) is 17.5. The third kappa shape index (κ3) is 4.36. The predicted molar refractivity (Wildman–Crippen MR) is 89.8 cm³/mol. The molecule has 1 aliphatic rings. The fourth-order valence-corrected chi connectivity index (χ4v) is 2.78. The maximum absolute atomic E-state index is 13.5. The van der Waals surface area contributed by atoms with E-state index in [0.29, 0.717) is 39.1 Å². The summed E-state index contributed by atoms with van der Waals surface area (Å²) < 4.78 is 24.7. The summed E-state index contributed by atoms with van der Waals surface area (Å²) in [6.45, 7) is 3.85. The van der Waals surface area contributed by atoms with Crippen LogP contribution in [0.1, 0.15) is 30.8 Å². The van der Waals surface area contributed by atoms with E-state index in [-0.39, 0.29) is 23.6 Å². The van der Waals surface area contributed by atoms with Gasteiger partial charge in [-0.3, -0.25) is 9.89 Å². The Morgan fingerprint density at radius 2 is 2.32 bits per heavy atom. The van der Waals surface area contributed by atoms with Gasteiger partial charge < -0.3 is 14.4 Å². The van der Waals surface area contributed by atoms with Crippen molar-refractivity contribution in [2.45, 2.75) is 25.9 Å². The fourth-order valence-electron chi connectivity index (χ4n) is 2.78. The van der Waals surface area contributed by atoms with Crippen LogP contribution < -0.4 is 4.74 Å². The zero-order chi connectivity index (χ0) is 17.6. The van der Waals surface area contributed by atoms with Gasteiger partial charge in [0.1, 0.15) is 6.10 Å². The topological polar surface area (TPSA) is 67.5 Å². The molecule has 1 unspecified atom stereocenters. The van der Waals surface area contributed by atoms with E-state index in [1.165, 1.54) is 6.07 Å². The number of aromatic amines is 1. The minimum absolute atomic E-state index is 0.127. The molecular formula is C18H22FN3O3. The smallest absolute Gasteiger partial charge is 0.222 e. The Hall–Kier alpha value is -2.41. The Morgan fingerprint density at radius 3 is 3.12 bits per heavy atom. The van der Waals surface area contributed by atoms with E-state index in [9.17, 15) is 9.18 Å². The summed E-state index contributed by atoms with van der Waals surface area (Å²) in [6, 6.07) is 8.24. The Bertz CT molecular complexity index is 719. The van der Waals surface area contributed by atoms with Crippen molar-refractivity contribution in [1.29, 1.82) is 0 Å². The standard InChI is InChI=1S/C18H22FN3O3/c1-2-18(23)22-8-10-25-17(12-22)15-11-13(20-21-15)7-9-24-16-6-4-3-5-14(16)19/h3-6,11,17H,2,7-10,12H2,1H3,(H,20,21). The molecule has 6 nitrogen and oxygen atoms in total. The number of halogens is 1. The molecule has 0 radical (unpaired) electrons. The summed E-state index contributed by atoms with van der Waals surface area (Å²) in [5, 5.41) is 7.24. The number of para-hydroxylation sites is 1. The lowest BCUT2D eigenvalue weighted by molar-refractivity contribution is -0.138. The van der Waals surface area contributed by atoms with Crippen molar-refractivity contribution in [1.82, 2.24) is 15.1 Å². The summed E-state index contributed by atoms with van der Waals surface area (Å²) in [5.74, 6) is -0.00184. The quantitative estimate of drug-likeness (QED) is 0.872. The number of aromatic nitrogens is 2. The van der Waals surface area contributed by atoms with Crippen LogP contribution in [0.15, 0.2) is 30.3 Å². The number of morpholine rings is 1. The lowest BCUT2D eigenvalue weighted by Crippen LogP contribution is -2.42. The lowest BCUT2D eigenvalue weighted by Gasteiger charge is -2.32. The number of carbonyl (C=O) groups excluding carboxylic acids is 1. The summed E-state index contributed by atoms with van der Waals surface area (Å²) in [5.41, 5.74) is 1.66. The maximum atomic E-state index is 13.5. The number of hydrogen-bond donors (Lipinski definition) is 1. The number of nitrogens with zero attached hydrogens (tertiary/aromatic N) is 2. The van der Waals surface area contributed by atoms with Crippen molar-refractivity contribution in [3.8, 4) is 5.75 Å². The van der Waals surface area contributed by atoms with Crippen LogP contribution in [0.3, 0.4) is 0 Å². The fraction of sp³-hybridized carbons (Fsp3) is 0.444. The molecule has 1 N–H and O–H groups in total. The van der Waals surface area contributed by atoms with E-state index in [2.05, 4.69) is 10.2 Å². The molecule has 1 aliphatic heterocycles. The Morgan fingerprint density at radius 1 is 1.48 bits per heavy atom. The molecule has 3 rings (SSSR count). The highest BCUT2D eigenvalue weighted by molar-refractivity contribution is 5.75. The van der Waals surface area contributed by atoms with Crippen molar-refractivity contribution in [3.05, 3.63) is 47.5 Å². The van der Waals surface area contributed by atoms with Gasteiger partial charge in [-0.05, 0) is 18.2 Å². The van der Waals surface area contributed by atoms with Crippen LogP contribution in [0.25, 0.3) is 0 Å². The third-order valence-electron chi connectivity index (χ3n) is 4.17. The molecule has 0 spiro atoms. The van der Waals surface area contributed by atoms with Crippen LogP contribution in [-0.4, -0.2) is 47.3 Å². The first kappa shape index (κ1) is 17.4. The second-order valence-corrected chi connectivity index (χ2v) is 5.90. The van der Waals surface area contributed by atoms with Gasteiger partial charge in [0, 0.05) is 25.1 Å². The van der Waals surface area contributed by atoms with Crippen LogP contribution in [0.2, 0.25) is 0 Å². The first-order valence-electron chi connectivity index (χ1n) is 8.48. The van der Waals surface area contributed by atoms with Crippen LogP contribution in [0, 0.1) is 5.82 Å². The highest BCUT2D eigenvalue weighted by Gasteiger charge is 2.26. The molecule has 2 aromatic rings. The zero-order valence-corrected chi connectivity index (χ0v) is 14.2. The first-order chi connectivity index (χ1) is 12.2. The summed E-state index contributed by atoms with van der Waals surface area (Å²) in [6.07, 6.45) is 0.846. The second-order valence-electron chi connectivity index (χ2n) is 5.90. The third-order valence-corrected chi connectivity index (χ3v) is 4.17. The number of nitrogens with one attached hydrogen (secondary N) is 1. The van der Waals surface area contributed by atoms with Crippen LogP contribution in [0.4, 0.5) is 4.39 Å². The molecule has 7 heteroatoms. The van der Waals surface area contributed by atoms with Crippen LogP contribution >= 0.6 is 0 Å². The highest BCUT2D eigenvalue weighted by atomic mass is 19.1. The molecule has 1 saturated heterocycles. The predicted octanol–water partition coefficient (Wildman–Crippen LogP) is 2.48. The summed E-state index contributed by atoms with van der Waals surface area (Å²) in [7, 11) is 0. The molecule has 1 aromatic carbocycles. The number of rotatable bonds is 6. The monoisotopic (exact) mass is 347 g/mol. The molecule has 1 aromatic heterocycles. The Kier molecular flexibility index (Phi) is 5.65. The van der Waals surface area contributed by atoms with E-state index < -0.39 is 0 Å². The van der Waals surface area contributed by atoms with Crippen molar-refractivity contribution in [2.75, 3.05) is 26.3 Å². The van der Waals surface area contributed by atoms with Gasteiger partial charge in [0.25, 0.3) is 0 Å². The van der Waals surface area contributed by atoms with E-state index >= 15 is 0 Å². The SMILES string of the molecule is CCC(=O)N1CCOC(c2cc(CCOc3ccccc3F)[nH]n2)C1. The largest absolute Gasteiger partial charge is 0.490 e. The minimum atomic E-state index is -0.371. The first-order valence-corrected chi connectivity index (χ1v) is 8.48. The summed E-state index contributed by atoms with van der Waals surface area (Å²) in [4.78, 5) is 13.7.